The van der Waals surface area contributed by atoms with Crippen molar-refractivity contribution in [3.05, 3.63) is 23.2 Å². The number of rotatable bonds is 1. The molecule has 0 spiro atoms. The van der Waals surface area contributed by atoms with E-state index in [1.807, 2.05) is 5.01 Å². The zero-order valence-corrected chi connectivity index (χ0v) is 10.0. The van der Waals surface area contributed by atoms with Gasteiger partial charge in [0.2, 0.25) is 0 Å². The van der Waals surface area contributed by atoms with E-state index in [0.717, 1.165) is 13.2 Å². The molecule has 0 radical (unpaired) electrons. The number of ether oxygens (including phenoxy) is 1. The molecule has 1 atom stereocenters. The van der Waals surface area contributed by atoms with E-state index in [1.54, 1.807) is 11.3 Å². The minimum absolute atomic E-state index is 0.187. The normalized spacial score (nSPS) is 23.0. The Kier molecular flexibility index (Phi) is 2.48. The van der Waals surface area contributed by atoms with Gasteiger partial charge in [-0.25, -0.2) is 5.01 Å². The molecule has 1 unspecified atom stereocenters. The molecule has 1 aliphatic heterocycles. The summed E-state index contributed by atoms with van der Waals surface area (Å²) in [4.78, 5) is 1.30. The minimum Gasteiger partial charge on any atom is -0.378 e. The second kappa shape index (κ2) is 3.85. The van der Waals surface area contributed by atoms with Crippen LogP contribution in [0.2, 0.25) is 0 Å². The van der Waals surface area contributed by atoms with Crippen LogP contribution in [0.25, 0.3) is 10.2 Å². The van der Waals surface area contributed by atoms with Gasteiger partial charge >= 0.3 is 0 Å². The molecule has 0 bridgehead atoms. The lowest BCUT2D eigenvalue weighted by Gasteiger charge is -2.31. The zero-order valence-electron chi connectivity index (χ0n) is 9.22. The predicted octanol–water partition coefficient (Wildman–Crippen LogP) is 1.49. The molecular weight excluding hydrogens is 222 g/mol. The molecule has 2 aromatic heterocycles. The van der Waals surface area contributed by atoms with Gasteiger partial charge in [-0.05, 0) is 17.0 Å². The van der Waals surface area contributed by atoms with Crippen LogP contribution >= 0.6 is 11.3 Å². The van der Waals surface area contributed by atoms with E-state index in [2.05, 4.69) is 29.3 Å². The standard InChI is InChI=1S/C11H15N3OS/c1-13-6-9(8-2-5-16-11(8)13)10-7-15-4-3-14(10)12/h2,5-6,10H,3-4,7,12H2,1H3. The second-order valence-corrected chi connectivity index (χ2v) is 5.06. The average Bonchev–Trinajstić information content (AvgIpc) is 2.84. The van der Waals surface area contributed by atoms with Crippen molar-refractivity contribution in [1.82, 2.24) is 9.58 Å². The maximum absolute atomic E-state index is 6.03. The van der Waals surface area contributed by atoms with Crippen molar-refractivity contribution in [1.29, 1.82) is 0 Å². The number of hydrazine groups is 1. The van der Waals surface area contributed by atoms with Crippen molar-refractivity contribution in [3.8, 4) is 0 Å². The summed E-state index contributed by atoms with van der Waals surface area (Å²) in [6.07, 6.45) is 2.17. The average molecular weight is 237 g/mol. The van der Waals surface area contributed by atoms with E-state index >= 15 is 0 Å². The third-order valence-electron chi connectivity index (χ3n) is 3.14. The lowest BCUT2D eigenvalue weighted by atomic mass is 10.1. The van der Waals surface area contributed by atoms with Gasteiger partial charge < -0.3 is 9.30 Å². The SMILES string of the molecule is Cn1cc(C2COCCN2N)c2ccsc21. The first-order valence-corrected chi connectivity index (χ1v) is 6.27. The van der Waals surface area contributed by atoms with E-state index in [4.69, 9.17) is 10.6 Å². The van der Waals surface area contributed by atoms with Gasteiger partial charge in [0.05, 0.1) is 19.3 Å². The Balaban J connectivity index is 2.07. The van der Waals surface area contributed by atoms with Crippen molar-refractivity contribution in [2.45, 2.75) is 6.04 Å². The van der Waals surface area contributed by atoms with E-state index in [1.165, 1.54) is 15.8 Å². The molecule has 0 saturated carbocycles. The monoisotopic (exact) mass is 237 g/mol. The third kappa shape index (κ3) is 1.48. The number of morpholine rings is 1. The molecule has 3 heterocycles. The minimum atomic E-state index is 0.187. The van der Waals surface area contributed by atoms with Crippen LogP contribution in [0.4, 0.5) is 0 Å². The van der Waals surface area contributed by atoms with Gasteiger partial charge in [0.1, 0.15) is 4.83 Å². The van der Waals surface area contributed by atoms with Crippen LogP contribution in [0.5, 0.6) is 0 Å². The molecule has 4 nitrogen and oxygen atoms in total. The van der Waals surface area contributed by atoms with Gasteiger partial charge in [-0.1, -0.05) is 0 Å². The number of aromatic nitrogens is 1. The van der Waals surface area contributed by atoms with E-state index in [-0.39, 0.29) is 6.04 Å². The molecule has 1 saturated heterocycles. The number of hydrogen-bond acceptors (Lipinski definition) is 4. The zero-order chi connectivity index (χ0) is 11.1. The highest BCUT2D eigenvalue weighted by molar-refractivity contribution is 7.16. The molecule has 0 aromatic carbocycles. The first-order valence-electron chi connectivity index (χ1n) is 5.39. The molecule has 2 aromatic rings. The van der Waals surface area contributed by atoms with Crippen molar-refractivity contribution < 1.29 is 4.74 Å². The van der Waals surface area contributed by atoms with Crippen molar-refractivity contribution in [2.75, 3.05) is 19.8 Å². The van der Waals surface area contributed by atoms with E-state index in [0.29, 0.717) is 6.61 Å². The lowest BCUT2D eigenvalue weighted by Crippen LogP contribution is -2.43. The predicted molar refractivity (Wildman–Crippen MR) is 65.2 cm³/mol. The van der Waals surface area contributed by atoms with E-state index < -0.39 is 0 Å². The Hall–Kier alpha value is -0.880. The Morgan fingerprint density at radius 3 is 3.25 bits per heavy atom. The molecule has 1 aliphatic rings. The van der Waals surface area contributed by atoms with Crippen molar-refractivity contribution in [2.24, 2.45) is 12.9 Å². The molecule has 16 heavy (non-hydrogen) atoms. The Morgan fingerprint density at radius 1 is 1.56 bits per heavy atom. The van der Waals surface area contributed by atoms with Gasteiger partial charge in [-0.2, -0.15) is 0 Å². The molecule has 5 heteroatoms. The molecular formula is C11H15N3OS. The summed E-state index contributed by atoms with van der Waals surface area (Å²) in [5.74, 6) is 6.03. The quantitative estimate of drug-likeness (QED) is 0.764. The van der Waals surface area contributed by atoms with Gasteiger partial charge in [0.25, 0.3) is 0 Å². The van der Waals surface area contributed by atoms with Crippen LogP contribution in [0.15, 0.2) is 17.6 Å². The highest BCUT2D eigenvalue weighted by atomic mass is 32.1. The maximum atomic E-state index is 6.03. The fraction of sp³-hybridized carbons (Fsp3) is 0.455. The summed E-state index contributed by atoms with van der Waals surface area (Å²) in [5.41, 5.74) is 1.28. The molecule has 0 amide bonds. The Labute approximate surface area is 98.2 Å². The fourth-order valence-electron chi connectivity index (χ4n) is 2.28. The number of nitrogens with two attached hydrogens (primary N) is 1. The summed E-state index contributed by atoms with van der Waals surface area (Å²) >= 11 is 1.76. The van der Waals surface area contributed by atoms with E-state index in [9.17, 15) is 0 Å². The summed E-state index contributed by atoms with van der Waals surface area (Å²) in [6, 6.07) is 2.35. The maximum Gasteiger partial charge on any atom is 0.102 e. The van der Waals surface area contributed by atoms with Gasteiger partial charge in [-0.3, -0.25) is 5.84 Å². The first kappa shape index (κ1) is 10.3. The van der Waals surface area contributed by atoms with Crippen molar-refractivity contribution >= 4 is 21.6 Å². The number of nitrogens with zero attached hydrogens (tertiary/aromatic N) is 2. The molecule has 2 N–H and O–H groups in total. The number of aryl methyl sites for hydroxylation is 1. The number of hydrogen-bond donors (Lipinski definition) is 1. The lowest BCUT2D eigenvalue weighted by molar-refractivity contribution is -0.00846. The Bertz CT molecular complexity index is 504. The molecule has 3 rings (SSSR count). The van der Waals surface area contributed by atoms with Crippen molar-refractivity contribution in [3.63, 3.8) is 0 Å². The van der Waals surface area contributed by atoms with Crippen LogP contribution in [0, 0.1) is 0 Å². The first-order chi connectivity index (χ1) is 7.77. The topological polar surface area (TPSA) is 43.4 Å². The van der Waals surface area contributed by atoms with Crippen LogP contribution in [0.3, 0.4) is 0 Å². The van der Waals surface area contributed by atoms with Crippen LogP contribution in [-0.2, 0) is 11.8 Å². The largest absolute Gasteiger partial charge is 0.378 e. The summed E-state index contributed by atoms with van der Waals surface area (Å²) in [5, 5.41) is 5.31. The van der Waals surface area contributed by atoms with Gasteiger partial charge in [0.15, 0.2) is 0 Å². The second-order valence-electron chi connectivity index (χ2n) is 4.16. The van der Waals surface area contributed by atoms with Gasteiger partial charge in [0, 0.05) is 25.2 Å². The third-order valence-corrected chi connectivity index (χ3v) is 4.14. The number of fused-ring (bicyclic) bond motifs is 1. The van der Waals surface area contributed by atoms with Crippen LogP contribution < -0.4 is 5.84 Å². The smallest absolute Gasteiger partial charge is 0.102 e. The summed E-state index contributed by atoms with van der Waals surface area (Å²) in [6.45, 7) is 2.21. The van der Waals surface area contributed by atoms with Crippen LogP contribution in [-0.4, -0.2) is 29.3 Å². The number of thiophene rings is 1. The Morgan fingerprint density at radius 2 is 2.44 bits per heavy atom. The highest BCUT2D eigenvalue weighted by Crippen LogP contribution is 2.32. The molecule has 86 valence electrons. The summed E-state index contributed by atoms with van der Waals surface area (Å²) < 4.78 is 7.68. The van der Waals surface area contributed by atoms with Crippen LogP contribution in [0.1, 0.15) is 11.6 Å². The molecule has 1 fully saturated rings. The fourth-order valence-corrected chi connectivity index (χ4v) is 3.15. The van der Waals surface area contributed by atoms with Gasteiger partial charge in [-0.15, -0.1) is 11.3 Å². The summed E-state index contributed by atoms with van der Waals surface area (Å²) in [7, 11) is 2.08. The highest BCUT2D eigenvalue weighted by Gasteiger charge is 2.25. The molecule has 0 aliphatic carbocycles.